The normalized spacial score (nSPS) is 15.3. The number of fused-ring (bicyclic) bond motifs is 1. The number of hydrogen-bond acceptors (Lipinski definition) is 4. The van der Waals surface area contributed by atoms with Gasteiger partial charge < -0.3 is 14.8 Å². The lowest BCUT2D eigenvalue weighted by Gasteiger charge is -2.18. The third-order valence-corrected chi connectivity index (χ3v) is 3.66. The zero-order valence-electron chi connectivity index (χ0n) is 12.4. The number of hydrogen-bond donors (Lipinski definition) is 1. The summed E-state index contributed by atoms with van der Waals surface area (Å²) in [5, 5.41) is 3.34. The Morgan fingerprint density at radius 3 is 2.52 bits per heavy atom. The summed E-state index contributed by atoms with van der Waals surface area (Å²) in [6, 6.07) is 10.4. The molecule has 0 saturated carbocycles. The van der Waals surface area contributed by atoms with Crippen LogP contribution in [0.3, 0.4) is 0 Å². The highest BCUT2D eigenvalue weighted by Crippen LogP contribution is 2.33. The minimum absolute atomic E-state index is 0.0928. The van der Waals surface area contributed by atoms with Crippen molar-refractivity contribution in [3.63, 3.8) is 0 Å². The third-order valence-electron chi connectivity index (χ3n) is 3.66. The topological polar surface area (TPSA) is 43.4 Å². The van der Waals surface area contributed by atoms with E-state index < -0.39 is 0 Å². The Morgan fingerprint density at radius 2 is 1.81 bits per heavy atom. The van der Waals surface area contributed by atoms with Crippen LogP contribution < -0.4 is 14.8 Å². The molecule has 2 aromatic rings. The molecule has 1 N–H and O–H groups in total. The average Bonchev–Trinajstić information content (AvgIpc) is 2.75. The predicted octanol–water partition coefficient (Wildman–Crippen LogP) is 2.86. The fraction of sp³-hybridized carbons (Fsp3) is 0.353. The van der Waals surface area contributed by atoms with E-state index in [9.17, 15) is 0 Å². The molecule has 0 aliphatic carbocycles. The van der Waals surface area contributed by atoms with Crippen LogP contribution in [0.5, 0.6) is 11.5 Å². The summed E-state index contributed by atoms with van der Waals surface area (Å²) < 4.78 is 11.5. The molecule has 21 heavy (non-hydrogen) atoms. The van der Waals surface area contributed by atoms with Gasteiger partial charge in [0.25, 0.3) is 0 Å². The van der Waals surface area contributed by atoms with Crippen molar-refractivity contribution in [2.75, 3.05) is 20.3 Å². The van der Waals surface area contributed by atoms with Crippen LogP contribution in [0.25, 0.3) is 0 Å². The van der Waals surface area contributed by atoms with Gasteiger partial charge in [0.2, 0.25) is 0 Å². The Morgan fingerprint density at radius 1 is 1.05 bits per heavy atom. The monoisotopic (exact) mass is 284 g/mol. The number of rotatable bonds is 3. The van der Waals surface area contributed by atoms with E-state index in [4.69, 9.17) is 9.47 Å². The van der Waals surface area contributed by atoms with Crippen molar-refractivity contribution in [2.24, 2.45) is 0 Å². The molecule has 0 amide bonds. The molecule has 1 atom stereocenters. The maximum Gasteiger partial charge on any atom is 0.161 e. The summed E-state index contributed by atoms with van der Waals surface area (Å²) in [5.41, 5.74) is 3.30. The molecule has 3 rings (SSSR count). The largest absolute Gasteiger partial charge is 0.490 e. The first kappa shape index (κ1) is 13.9. The molecule has 4 nitrogen and oxygen atoms in total. The first-order chi connectivity index (χ1) is 10.3. The van der Waals surface area contributed by atoms with Crippen molar-refractivity contribution < 1.29 is 9.47 Å². The van der Waals surface area contributed by atoms with Crippen molar-refractivity contribution in [1.29, 1.82) is 0 Å². The molecule has 0 saturated heterocycles. The quantitative estimate of drug-likeness (QED) is 0.941. The number of aryl methyl sites for hydroxylation is 1. The maximum atomic E-state index is 5.77. The van der Waals surface area contributed by atoms with Gasteiger partial charge in [0, 0.05) is 18.3 Å². The van der Waals surface area contributed by atoms with Gasteiger partial charge in [-0.15, -0.1) is 0 Å². The molecule has 1 unspecified atom stereocenters. The lowest BCUT2D eigenvalue weighted by molar-refractivity contribution is 0.297. The van der Waals surface area contributed by atoms with Crippen LogP contribution in [-0.2, 0) is 0 Å². The van der Waals surface area contributed by atoms with Crippen LogP contribution in [0.2, 0.25) is 0 Å². The van der Waals surface area contributed by atoms with Gasteiger partial charge in [-0.05, 0) is 43.3 Å². The molecular weight excluding hydrogens is 264 g/mol. The third kappa shape index (κ3) is 3.00. The second-order valence-electron chi connectivity index (χ2n) is 5.21. The van der Waals surface area contributed by atoms with Crippen LogP contribution in [0.15, 0.2) is 36.5 Å². The van der Waals surface area contributed by atoms with E-state index in [1.807, 2.05) is 32.3 Å². The van der Waals surface area contributed by atoms with Gasteiger partial charge in [-0.25, -0.2) is 0 Å². The van der Waals surface area contributed by atoms with Gasteiger partial charge in [0.1, 0.15) is 0 Å². The maximum absolute atomic E-state index is 5.77. The van der Waals surface area contributed by atoms with Crippen LogP contribution in [0.1, 0.15) is 29.3 Å². The molecule has 1 aromatic carbocycles. The molecule has 2 heterocycles. The van der Waals surface area contributed by atoms with E-state index in [2.05, 4.69) is 28.5 Å². The lowest BCUT2D eigenvalue weighted by atomic mass is 9.99. The van der Waals surface area contributed by atoms with Crippen molar-refractivity contribution in [1.82, 2.24) is 10.3 Å². The van der Waals surface area contributed by atoms with E-state index in [-0.39, 0.29) is 6.04 Å². The fourth-order valence-electron chi connectivity index (χ4n) is 2.54. The molecule has 0 spiro atoms. The first-order valence-corrected chi connectivity index (χ1v) is 7.27. The van der Waals surface area contributed by atoms with Crippen molar-refractivity contribution in [2.45, 2.75) is 19.4 Å². The molecule has 110 valence electrons. The van der Waals surface area contributed by atoms with E-state index >= 15 is 0 Å². The highest BCUT2D eigenvalue weighted by Gasteiger charge is 2.16. The Kier molecular flexibility index (Phi) is 4.06. The second-order valence-corrected chi connectivity index (χ2v) is 5.21. The zero-order valence-corrected chi connectivity index (χ0v) is 12.4. The molecule has 1 aromatic heterocycles. The zero-order chi connectivity index (χ0) is 14.7. The standard InChI is InChI=1S/C17H20N2O2/c1-12-4-5-14(11-19-12)17(18-2)13-6-7-15-16(10-13)21-9-3-8-20-15/h4-7,10-11,17-18H,3,8-9H2,1-2H3. The molecule has 0 bridgehead atoms. The molecule has 0 radical (unpaired) electrons. The van der Waals surface area contributed by atoms with Crippen LogP contribution in [0.4, 0.5) is 0 Å². The predicted molar refractivity (Wildman–Crippen MR) is 81.9 cm³/mol. The summed E-state index contributed by atoms with van der Waals surface area (Å²) in [7, 11) is 1.95. The summed E-state index contributed by atoms with van der Waals surface area (Å²) in [6.45, 7) is 3.40. The lowest BCUT2D eigenvalue weighted by Crippen LogP contribution is -2.18. The van der Waals surface area contributed by atoms with Gasteiger partial charge in [-0.1, -0.05) is 12.1 Å². The molecule has 0 fully saturated rings. The Balaban J connectivity index is 1.93. The van der Waals surface area contributed by atoms with Crippen molar-refractivity contribution >= 4 is 0 Å². The van der Waals surface area contributed by atoms with E-state index in [1.54, 1.807) is 0 Å². The number of aromatic nitrogens is 1. The SMILES string of the molecule is CNC(c1ccc(C)nc1)c1ccc2c(c1)OCCCO2. The number of nitrogens with zero attached hydrogens (tertiary/aromatic N) is 1. The smallest absolute Gasteiger partial charge is 0.161 e. The number of pyridine rings is 1. The highest BCUT2D eigenvalue weighted by atomic mass is 16.5. The van der Waals surface area contributed by atoms with E-state index in [0.29, 0.717) is 13.2 Å². The molecule has 4 heteroatoms. The summed E-state index contributed by atoms with van der Waals surface area (Å²) in [5.74, 6) is 1.65. The summed E-state index contributed by atoms with van der Waals surface area (Å²) >= 11 is 0. The number of nitrogens with one attached hydrogen (secondary N) is 1. The Hall–Kier alpha value is -2.07. The van der Waals surface area contributed by atoms with Crippen LogP contribution in [-0.4, -0.2) is 25.2 Å². The Labute approximate surface area is 125 Å². The van der Waals surface area contributed by atoms with Crippen molar-refractivity contribution in [3.8, 4) is 11.5 Å². The van der Waals surface area contributed by atoms with E-state index in [0.717, 1.165) is 34.7 Å². The Bertz CT molecular complexity index is 611. The van der Waals surface area contributed by atoms with Crippen LogP contribution in [0, 0.1) is 6.92 Å². The van der Waals surface area contributed by atoms with Gasteiger partial charge in [0.05, 0.1) is 19.3 Å². The average molecular weight is 284 g/mol. The molecular formula is C17H20N2O2. The van der Waals surface area contributed by atoms with Gasteiger partial charge >= 0.3 is 0 Å². The minimum atomic E-state index is 0.0928. The van der Waals surface area contributed by atoms with E-state index in [1.165, 1.54) is 0 Å². The number of ether oxygens (including phenoxy) is 2. The van der Waals surface area contributed by atoms with Gasteiger partial charge in [-0.2, -0.15) is 0 Å². The summed E-state index contributed by atoms with van der Waals surface area (Å²) in [6.07, 6.45) is 2.83. The van der Waals surface area contributed by atoms with Gasteiger partial charge in [0.15, 0.2) is 11.5 Å². The van der Waals surface area contributed by atoms with Crippen molar-refractivity contribution in [3.05, 3.63) is 53.3 Å². The van der Waals surface area contributed by atoms with Gasteiger partial charge in [-0.3, -0.25) is 4.98 Å². The molecule has 1 aliphatic heterocycles. The molecule has 1 aliphatic rings. The number of benzene rings is 1. The minimum Gasteiger partial charge on any atom is -0.490 e. The highest BCUT2D eigenvalue weighted by molar-refractivity contribution is 5.46. The first-order valence-electron chi connectivity index (χ1n) is 7.27. The second kappa shape index (κ2) is 6.14. The van der Waals surface area contributed by atoms with Crippen LogP contribution >= 0.6 is 0 Å². The fourth-order valence-corrected chi connectivity index (χ4v) is 2.54. The summed E-state index contributed by atoms with van der Waals surface area (Å²) in [4.78, 5) is 4.38.